The molecule has 22 heavy (non-hydrogen) atoms. The molecule has 2 aliphatic heterocycles. The van der Waals surface area contributed by atoms with Crippen LogP contribution in [0.5, 0.6) is 0 Å². The predicted octanol–water partition coefficient (Wildman–Crippen LogP) is 3.51. The number of carbonyl (C=O) groups is 1. The lowest BCUT2D eigenvalue weighted by Gasteiger charge is -2.36. The predicted molar refractivity (Wildman–Crippen MR) is 82.1 cm³/mol. The van der Waals surface area contributed by atoms with Crippen LogP contribution in [0.15, 0.2) is 23.0 Å². The fourth-order valence-corrected chi connectivity index (χ4v) is 4.47. The summed E-state index contributed by atoms with van der Waals surface area (Å²) in [4.78, 5) is 15.3. The third-order valence-electron chi connectivity index (χ3n) is 5.65. The maximum Gasteiger partial charge on any atom is 0.228 e. The molecule has 3 aliphatic rings. The van der Waals surface area contributed by atoms with Gasteiger partial charge in [-0.3, -0.25) is 4.79 Å². The number of hydrogen-bond donors (Lipinski definition) is 0. The quantitative estimate of drug-likeness (QED) is 0.855. The van der Waals surface area contributed by atoms with E-state index in [1.165, 1.54) is 19.3 Å². The van der Waals surface area contributed by atoms with Crippen molar-refractivity contribution in [3.05, 3.63) is 24.2 Å². The van der Waals surface area contributed by atoms with E-state index < -0.39 is 0 Å². The van der Waals surface area contributed by atoms with E-state index in [1.54, 1.807) is 12.5 Å². The van der Waals surface area contributed by atoms with E-state index in [0.717, 1.165) is 37.7 Å². The molecule has 3 unspecified atom stereocenters. The Kier molecular flexibility index (Phi) is 3.95. The number of rotatable bonds is 4. The Balaban J connectivity index is 1.51. The number of carbonyl (C=O) groups excluding carboxylic acids is 1. The molecule has 1 amide bonds. The van der Waals surface area contributed by atoms with E-state index in [9.17, 15) is 4.79 Å². The molecule has 120 valence electrons. The molecule has 3 fully saturated rings. The van der Waals surface area contributed by atoms with Gasteiger partial charge in [-0.1, -0.05) is 19.3 Å². The highest BCUT2D eigenvalue weighted by Crippen LogP contribution is 2.40. The molecule has 4 rings (SSSR count). The standard InChI is InChI=1S/C18H25NO3/c20-18(16-10-15-6-7-17(16)22-15)19(11-13-8-9-21-12-13)14-4-2-1-3-5-14/h8-9,12,14-17H,1-7,10-11H2. The lowest BCUT2D eigenvalue weighted by Crippen LogP contribution is -2.46. The van der Waals surface area contributed by atoms with Gasteiger partial charge in [0, 0.05) is 18.2 Å². The molecule has 0 spiro atoms. The summed E-state index contributed by atoms with van der Waals surface area (Å²) in [7, 11) is 0. The molecule has 3 atom stereocenters. The summed E-state index contributed by atoms with van der Waals surface area (Å²) in [5.41, 5.74) is 1.10. The van der Waals surface area contributed by atoms with Gasteiger partial charge in [0.05, 0.1) is 30.7 Å². The van der Waals surface area contributed by atoms with Gasteiger partial charge in [-0.15, -0.1) is 0 Å². The zero-order chi connectivity index (χ0) is 14.9. The fraction of sp³-hybridized carbons (Fsp3) is 0.722. The molecule has 2 saturated heterocycles. The second-order valence-corrected chi connectivity index (χ2v) is 7.11. The molecule has 0 N–H and O–H groups in total. The van der Waals surface area contributed by atoms with Crippen LogP contribution < -0.4 is 0 Å². The number of hydrogen-bond acceptors (Lipinski definition) is 3. The minimum atomic E-state index is 0.0903. The first-order chi connectivity index (χ1) is 10.8. The van der Waals surface area contributed by atoms with Crippen LogP contribution in [0.2, 0.25) is 0 Å². The van der Waals surface area contributed by atoms with E-state index in [2.05, 4.69) is 4.90 Å². The molecule has 0 radical (unpaired) electrons. The Bertz CT molecular complexity index is 506. The number of furan rings is 1. The van der Waals surface area contributed by atoms with Crippen LogP contribution in [0.3, 0.4) is 0 Å². The van der Waals surface area contributed by atoms with Crippen molar-refractivity contribution in [2.45, 2.75) is 76.2 Å². The van der Waals surface area contributed by atoms with Crippen molar-refractivity contribution in [3.63, 3.8) is 0 Å². The van der Waals surface area contributed by atoms with E-state index in [4.69, 9.17) is 9.15 Å². The van der Waals surface area contributed by atoms with Crippen LogP contribution in [-0.4, -0.2) is 29.1 Å². The Morgan fingerprint density at radius 1 is 1.18 bits per heavy atom. The fourth-order valence-electron chi connectivity index (χ4n) is 4.47. The van der Waals surface area contributed by atoms with Crippen LogP contribution in [0.1, 0.15) is 56.9 Å². The first-order valence-electron chi connectivity index (χ1n) is 8.78. The Morgan fingerprint density at radius 3 is 2.68 bits per heavy atom. The molecule has 1 saturated carbocycles. The van der Waals surface area contributed by atoms with Crippen LogP contribution >= 0.6 is 0 Å². The number of amides is 1. The summed E-state index contributed by atoms with van der Waals surface area (Å²) in [6.45, 7) is 0.688. The van der Waals surface area contributed by atoms with Gasteiger partial charge in [-0.25, -0.2) is 0 Å². The van der Waals surface area contributed by atoms with E-state index in [1.807, 2.05) is 6.07 Å². The van der Waals surface area contributed by atoms with Gasteiger partial charge in [0.15, 0.2) is 0 Å². The molecule has 1 aromatic rings. The third kappa shape index (κ3) is 2.69. The van der Waals surface area contributed by atoms with Crippen molar-refractivity contribution in [2.24, 2.45) is 5.92 Å². The third-order valence-corrected chi connectivity index (χ3v) is 5.65. The highest BCUT2D eigenvalue weighted by atomic mass is 16.5. The molecule has 1 aromatic heterocycles. The SMILES string of the molecule is O=C(C1CC2CCC1O2)N(Cc1ccoc1)C1CCCCC1. The number of ether oxygens (including phenoxy) is 1. The maximum atomic E-state index is 13.2. The van der Waals surface area contributed by atoms with Gasteiger partial charge in [0.2, 0.25) is 5.91 Å². The average molecular weight is 303 g/mol. The second kappa shape index (κ2) is 6.07. The summed E-state index contributed by atoms with van der Waals surface area (Å²) < 4.78 is 11.1. The smallest absolute Gasteiger partial charge is 0.228 e. The highest BCUT2D eigenvalue weighted by Gasteiger charge is 2.46. The van der Waals surface area contributed by atoms with Crippen molar-refractivity contribution in [2.75, 3.05) is 0 Å². The van der Waals surface area contributed by atoms with Crippen molar-refractivity contribution >= 4 is 5.91 Å². The summed E-state index contributed by atoms with van der Waals surface area (Å²) in [6.07, 6.45) is 13.2. The van der Waals surface area contributed by atoms with Gasteiger partial charge in [0.25, 0.3) is 0 Å². The van der Waals surface area contributed by atoms with Crippen molar-refractivity contribution in [1.29, 1.82) is 0 Å². The summed E-state index contributed by atoms with van der Waals surface area (Å²) in [5, 5.41) is 0. The molecular weight excluding hydrogens is 278 g/mol. The summed E-state index contributed by atoms with van der Waals surface area (Å²) >= 11 is 0. The van der Waals surface area contributed by atoms with Crippen LogP contribution in [0.25, 0.3) is 0 Å². The molecule has 4 heteroatoms. The minimum Gasteiger partial charge on any atom is -0.472 e. The maximum absolute atomic E-state index is 13.2. The van der Waals surface area contributed by atoms with Gasteiger partial charge in [0.1, 0.15) is 0 Å². The highest BCUT2D eigenvalue weighted by molar-refractivity contribution is 5.80. The summed E-state index contributed by atoms with van der Waals surface area (Å²) in [5.74, 6) is 0.410. The van der Waals surface area contributed by atoms with Crippen LogP contribution in [-0.2, 0) is 16.1 Å². The topological polar surface area (TPSA) is 42.7 Å². The Morgan fingerprint density at radius 2 is 2.05 bits per heavy atom. The zero-order valence-electron chi connectivity index (χ0n) is 13.1. The van der Waals surface area contributed by atoms with E-state index >= 15 is 0 Å². The molecule has 4 nitrogen and oxygen atoms in total. The van der Waals surface area contributed by atoms with E-state index in [0.29, 0.717) is 24.6 Å². The minimum absolute atomic E-state index is 0.0903. The molecule has 1 aliphatic carbocycles. The van der Waals surface area contributed by atoms with Crippen molar-refractivity contribution in [3.8, 4) is 0 Å². The van der Waals surface area contributed by atoms with E-state index in [-0.39, 0.29) is 12.0 Å². The van der Waals surface area contributed by atoms with Gasteiger partial charge >= 0.3 is 0 Å². The average Bonchev–Trinajstić information content (AvgIpc) is 3.30. The molecule has 0 aromatic carbocycles. The molecular formula is C18H25NO3. The molecule has 3 heterocycles. The van der Waals surface area contributed by atoms with Gasteiger partial charge in [-0.05, 0) is 38.2 Å². The zero-order valence-corrected chi connectivity index (χ0v) is 13.1. The monoisotopic (exact) mass is 303 g/mol. The van der Waals surface area contributed by atoms with Gasteiger partial charge < -0.3 is 14.1 Å². The second-order valence-electron chi connectivity index (χ2n) is 7.11. The first kappa shape index (κ1) is 14.3. The van der Waals surface area contributed by atoms with Gasteiger partial charge in [-0.2, -0.15) is 0 Å². The summed E-state index contributed by atoms with van der Waals surface area (Å²) in [6, 6.07) is 2.37. The number of nitrogens with zero attached hydrogens (tertiary/aromatic N) is 1. The lowest BCUT2D eigenvalue weighted by atomic mass is 9.86. The number of fused-ring (bicyclic) bond motifs is 2. The van der Waals surface area contributed by atoms with Crippen LogP contribution in [0.4, 0.5) is 0 Å². The van der Waals surface area contributed by atoms with Crippen molar-refractivity contribution in [1.82, 2.24) is 4.90 Å². The largest absolute Gasteiger partial charge is 0.472 e. The lowest BCUT2D eigenvalue weighted by molar-refractivity contribution is -0.141. The normalized spacial score (nSPS) is 31.5. The Hall–Kier alpha value is -1.29. The first-order valence-corrected chi connectivity index (χ1v) is 8.78. The van der Waals surface area contributed by atoms with Crippen LogP contribution in [0, 0.1) is 5.92 Å². The van der Waals surface area contributed by atoms with Crippen molar-refractivity contribution < 1.29 is 13.9 Å². The molecule has 2 bridgehead atoms. The Labute approximate surface area is 131 Å².